The summed E-state index contributed by atoms with van der Waals surface area (Å²) in [4.78, 5) is 27.2. The minimum Gasteiger partial charge on any atom is -0.287 e. The van der Waals surface area contributed by atoms with Crippen LogP contribution < -0.4 is 5.43 Å². The number of carbonyl (C=O) groups is 2. The van der Waals surface area contributed by atoms with Crippen LogP contribution in [0, 0.1) is 0 Å². The minimum atomic E-state index is -0.243. The van der Waals surface area contributed by atoms with Gasteiger partial charge < -0.3 is 0 Å². The SMILES string of the molecule is O=C(N/N=C1\C(=O)c2cccc3cccc1c23)c1cc2c(s1)CCCC2. The molecule has 4 nitrogen and oxygen atoms in total. The molecule has 0 bridgehead atoms. The molecule has 0 spiro atoms. The van der Waals surface area contributed by atoms with E-state index in [1.54, 1.807) is 11.3 Å². The first kappa shape index (κ1) is 15.5. The lowest BCUT2D eigenvalue weighted by atomic mass is 9.99. The van der Waals surface area contributed by atoms with Crippen molar-refractivity contribution >= 4 is 39.5 Å². The van der Waals surface area contributed by atoms with Crippen molar-refractivity contribution in [1.29, 1.82) is 0 Å². The van der Waals surface area contributed by atoms with Gasteiger partial charge in [-0.3, -0.25) is 9.59 Å². The Kier molecular flexibility index (Phi) is 3.50. The van der Waals surface area contributed by atoms with Crippen LogP contribution in [-0.4, -0.2) is 17.4 Å². The number of thiophene rings is 1. The van der Waals surface area contributed by atoms with Crippen molar-refractivity contribution in [3.05, 3.63) is 68.9 Å². The zero-order valence-corrected chi connectivity index (χ0v) is 14.9. The molecule has 1 amide bonds. The first-order valence-electron chi connectivity index (χ1n) is 8.79. The zero-order valence-electron chi connectivity index (χ0n) is 14.0. The molecule has 1 heterocycles. The molecule has 128 valence electrons. The molecule has 1 N–H and O–H groups in total. The third-order valence-corrected chi connectivity index (χ3v) is 6.35. The zero-order chi connectivity index (χ0) is 17.7. The number of hydrazone groups is 1. The van der Waals surface area contributed by atoms with E-state index in [0.29, 0.717) is 16.2 Å². The molecule has 26 heavy (non-hydrogen) atoms. The molecule has 2 aromatic carbocycles. The van der Waals surface area contributed by atoms with Gasteiger partial charge in [-0.05, 0) is 42.7 Å². The molecule has 1 aromatic heterocycles. The van der Waals surface area contributed by atoms with Gasteiger partial charge in [-0.1, -0.05) is 36.4 Å². The first-order chi connectivity index (χ1) is 12.7. The second kappa shape index (κ2) is 5.88. The Morgan fingerprint density at radius 1 is 1.04 bits per heavy atom. The second-order valence-electron chi connectivity index (χ2n) is 6.71. The summed E-state index contributed by atoms with van der Waals surface area (Å²) in [6, 6.07) is 13.4. The van der Waals surface area contributed by atoms with Gasteiger partial charge >= 0.3 is 0 Å². The molecule has 0 atom stereocenters. The number of benzene rings is 2. The monoisotopic (exact) mass is 360 g/mol. The number of amides is 1. The van der Waals surface area contributed by atoms with Crippen molar-refractivity contribution in [1.82, 2.24) is 5.43 Å². The number of fused-ring (bicyclic) bond motifs is 1. The molecule has 2 aliphatic rings. The van der Waals surface area contributed by atoms with Crippen LogP contribution in [0.3, 0.4) is 0 Å². The Balaban J connectivity index is 1.47. The molecule has 3 aromatic rings. The standard InChI is InChI=1S/C21H16N2O2S/c24-20-15-9-4-7-12-6-3-8-14(18(12)15)19(20)22-23-21(25)17-11-13-5-1-2-10-16(13)26-17/h3-4,6-9,11H,1-2,5,10H2,(H,23,25)/b22-19-. The molecule has 0 aliphatic heterocycles. The van der Waals surface area contributed by atoms with Crippen molar-refractivity contribution in [2.24, 2.45) is 5.10 Å². The van der Waals surface area contributed by atoms with E-state index in [9.17, 15) is 9.59 Å². The Hall–Kier alpha value is -2.79. The smallest absolute Gasteiger partial charge is 0.281 e. The Labute approximate surface area is 154 Å². The van der Waals surface area contributed by atoms with Gasteiger partial charge in [0, 0.05) is 21.4 Å². The lowest BCUT2D eigenvalue weighted by Crippen LogP contribution is -2.21. The summed E-state index contributed by atoms with van der Waals surface area (Å²) in [7, 11) is 0. The van der Waals surface area contributed by atoms with Crippen LogP contribution >= 0.6 is 11.3 Å². The number of Topliss-reactive ketones (excluding diaryl/α,β-unsaturated/α-hetero) is 1. The second-order valence-corrected chi connectivity index (χ2v) is 7.84. The maximum Gasteiger partial charge on any atom is 0.281 e. The van der Waals surface area contributed by atoms with E-state index in [4.69, 9.17) is 0 Å². The minimum absolute atomic E-state index is 0.137. The molecule has 5 heteroatoms. The van der Waals surface area contributed by atoms with Gasteiger partial charge in [-0.15, -0.1) is 11.3 Å². The van der Waals surface area contributed by atoms with E-state index in [1.807, 2.05) is 42.5 Å². The van der Waals surface area contributed by atoms with Crippen molar-refractivity contribution in [3.63, 3.8) is 0 Å². The molecule has 0 radical (unpaired) electrons. The Morgan fingerprint density at radius 3 is 2.62 bits per heavy atom. The molecular weight excluding hydrogens is 344 g/mol. The summed E-state index contributed by atoms with van der Waals surface area (Å²) >= 11 is 1.54. The number of ketones is 1. The van der Waals surface area contributed by atoms with Crippen LogP contribution in [0.25, 0.3) is 10.8 Å². The summed E-state index contributed by atoms with van der Waals surface area (Å²) < 4.78 is 0. The van der Waals surface area contributed by atoms with Gasteiger partial charge in [-0.25, -0.2) is 5.43 Å². The van der Waals surface area contributed by atoms with E-state index < -0.39 is 0 Å². The van der Waals surface area contributed by atoms with E-state index in [-0.39, 0.29) is 11.7 Å². The fourth-order valence-electron chi connectivity index (χ4n) is 3.85. The molecule has 0 saturated carbocycles. The summed E-state index contributed by atoms with van der Waals surface area (Å²) in [5.41, 5.74) is 5.63. The van der Waals surface area contributed by atoms with E-state index in [1.165, 1.54) is 23.3 Å². The predicted octanol–water partition coefficient (Wildman–Crippen LogP) is 4.11. The number of carbonyl (C=O) groups excluding carboxylic acids is 2. The highest BCUT2D eigenvalue weighted by atomic mass is 32.1. The largest absolute Gasteiger partial charge is 0.287 e. The average Bonchev–Trinajstić information content (AvgIpc) is 3.22. The predicted molar refractivity (Wildman–Crippen MR) is 103 cm³/mol. The van der Waals surface area contributed by atoms with Crippen LogP contribution in [0.15, 0.2) is 47.6 Å². The topological polar surface area (TPSA) is 58.5 Å². The van der Waals surface area contributed by atoms with Crippen LogP contribution in [-0.2, 0) is 12.8 Å². The van der Waals surface area contributed by atoms with Crippen molar-refractivity contribution in [2.45, 2.75) is 25.7 Å². The van der Waals surface area contributed by atoms with Crippen molar-refractivity contribution < 1.29 is 9.59 Å². The quantitative estimate of drug-likeness (QED) is 0.699. The Morgan fingerprint density at radius 2 is 1.81 bits per heavy atom. The fourth-order valence-corrected chi connectivity index (χ4v) is 5.00. The molecule has 0 unspecified atom stereocenters. The van der Waals surface area contributed by atoms with Gasteiger partial charge in [0.05, 0.1) is 4.88 Å². The molecule has 2 aliphatic carbocycles. The number of aryl methyl sites for hydroxylation is 2. The highest BCUT2D eigenvalue weighted by molar-refractivity contribution is 7.14. The maximum absolute atomic E-state index is 12.7. The lowest BCUT2D eigenvalue weighted by molar-refractivity contribution is 0.0959. The van der Waals surface area contributed by atoms with Gasteiger partial charge in [0.2, 0.25) is 5.78 Å². The lowest BCUT2D eigenvalue weighted by Gasteiger charge is -2.08. The molecule has 5 rings (SSSR count). The van der Waals surface area contributed by atoms with E-state index in [2.05, 4.69) is 10.5 Å². The third-order valence-electron chi connectivity index (χ3n) is 5.11. The van der Waals surface area contributed by atoms with Gasteiger partial charge in [0.15, 0.2) is 0 Å². The summed E-state index contributed by atoms with van der Waals surface area (Å²) in [5.74, 6) is -0.379. The maximum atomic E-state index is 12.7. The van der Waals surface area contributed by atoms with Crippen molar-refractivity contribution in [3.8, 4) is 0 Å². The number of rotatable bonds is 2. The number of hydrogen-bond donors (Lipinski definition) is 1. The summed E-state index contributed by atoms with van der Waals surface area (Å²) in [6.45, 7) is 0. The van der Waals surface area contributed by atoms with Crippen LogP contribution in [0.5, 0.6) is 0 Å². The van der Waals surface area contributed by atoms with Crippen LogP contribution in [0.1, 0.15) is 48.9 Å². The molecule has 0 saturated heterocycles. The number of hydrogen-bond acceptors (Lipinski definition) is 4. The Bertz CT molecular complexity index is 1080. The molecular formula is C21H16N2O2S. The number of nitrogens with zero attached hydrogens (tertiary/aromatic N) is 1. The summed E-state index contributed by atoms with van der Waals surface area (Å²) in [6.07, 6.45) is 4.47. The highest BCUT2D eigenvalue weighted by Gasteiger charge is 2.29. The van der Waals surface area contributed by atoms with Gasteiger partial charge in [0.1, 0.15) is 5.71 Å². The van der Waals surface area contributed by atoms with Crippen LogP contribution in [0.4, 0.5) is 0 Å². The van der Waals surface area contributed by atoms with Crippen LogP contribution in [0.2, 0.25) is 0 Å². The molecule has 0 fully saturated rings. The van der Waals surface area contributed by atoms with E-state index in [0.717, 1.165) is 29.2 Å². The third kappa shape index (κ3) is 2.31. The fraction of sp³-hybridized carbons (Fsp3) is 0.190. The average molecular weight is 360 g/mol. The summed E-state index contributed by atoms with van der Waals surface area (Å²) in [5, 5.41) is 6.13. The highest BCUT2D eigenvalue weighted by Crippen LogP contribution is 2.31. The number of nitrogens with one attached hydrogen (secondary N) is 1. The van der Waals surface area contributed by atoms with Crippen molar-refractivity contribution in [2.75, 3.05) is 0 Å². The van der Waals surface area contributed by atoms with E-state index >= 15 is 0 Å². The first-order valence-corrected chi connectivity index (χ1v) is 9.60. The normalized spacial score (nSPS) is 16.9. The van der Waals surface area contributed by atoms with Gasteiger partial charge in [0.25, 0.3) is 5.91 Å². The van der Waals surface area contributed by atoms with Gasteiger partial charge in [-0.2, -0.15) is 5.10 Å².